The number of hydrogen-bond acceptors (Lipinski definition) is 6. The molecule has 178 valence electrons. The van der Waals surface area contributed by atoms with Crippen molar-refractivity contribution >= 4 is 41.3 Å². The molecule has 3 aliphatic heterocycles. The summed E-state index contributed by atoms with van der Waals surface area (Å²) >= 11 is 0. The molecule has 2 fully saturated rings. The van der Waals surface area contributed by atoms with Gasteiger partial charge >= 0.3 is 0 Å². The van der Waals surface area contributed by atoms with Gasteiger partial charge in [-0.2, -0.15) is 0 Å². The normalized spacial score (nSPS) is 26.6. The minimum absolute atomic E-state index is 0.214. The van der Waals surface area contributed by atoms with E-state index in [1.807, 2.05) is 35.2 Å². The summed E-state index contributed by atoms with van der Waals surface area (Å²) in [5, 5.41) is 2.32. The van der Waals surface area contributed by atoms with Crippen molar-refractivity contribution in [2.24, 2.45) is 0 Å². The van der Waals surface area contributed by atoms with E-state index < -0.39 is 23.9 Å². The standard InChI is InChI=1S/C25H24B3N3O5/c26-20-13-36-23(28)22(27)31(20)10-14-4-6-15(7-5-14)12-35-19-3-1-2-16-17(19)11-30(25(16)34)18-8-9-21(32)29-24(18)33/h1-7,18,20,22-23H,8-13H2,(H,29,32,33). The lowest BCUT2D eigenvalue weighted by Gasteiger charge is -2.44. The number of benzene rings is 2. The SMILES string of the molecule is [B]C1OCC([B])N(Cc2ccc(COc3cccc4c3CN(C3CCC(=O)NC3=O)C4=O)cc2)C1[B]. The van der Waals surface area contributed by atoms with E-state index in [2.05, 4.69) is 5.32 Å². The van der Waals surface area contributed by atoms with Gasteiger partial charge in [0.1, 0.15) is 26.2 Å². The molecule has 3 amide bonds. The van der Waals surface area contributed by atoms with Crippen LogP contribution in [0.25, 0.3) is 0 Å². The second-order valence-electron chi connectivity index (χ2n) is 9.32. The van der Waals surface area contributed by atoms with Crippen molar-refractivity contribution in [2.45, 2.75) is 56.5 Å². The van der Waals surface area contributed by atoms with Crippen LogP contribution in [-0.2, 0) is 34.0 Å². The van der Waals surface area contributed by atoms with Crippen molar-refractivity contribution in [3.63, 3.8) is 0 Å². The van der Waals surface area contributed by atoms with Crippen LogP contribution in [-0.4, -0.2) is 81.6 Å². The van der Waals surface area contributed by atoms with Gasteiger partial charge in [0.2, 0.25) is 11.8 Å². The molecule has 4 unspecified atom stereocenters. The Labute approximate surface area is 213 Å². The molecule has 6 radical (unpaired) electrons. The van der Waals surface area contributed by atoms with Crippen LogP contribution < -0.4 is 10.1 Å². The van der Waals surface area contributed by atoms with Crippen molar-refractivity contribution in [3.8, 4) is 5.75 Å². The largest absolute Gasteiger partial charge is 0.489 e. The van der Waals surface area contributed by atoms with Gasteiger partial charge in [-0.1, -0.05) is 30.3 Å². The number of amides is 3. The number of carbonyl (C=O) groups excluding carboxylic acids is 3. The summed E-state index contributed by atoms with van der Waals surface area (Å²) in [6.07, 6.45) is 0.533. The highest BCUT2D eigenvalue weighted by atomic mass is 16.5. The monoisotopic (exact) mass is 479 g/mol. The summed E-state index contributed by atoms with van der Waals surface area (Å²) in [6.45, 7) is 1.44. The van der Waals surface area contributed by atoms with E-state index in [-0.39, 0.29) is 30.7 Å². The van der Waals surface area contributed by atoms with Gasteiger partial charge < -0.3 is 19.3 Å². The number of piperidine rings is 1. The second-order valence-corrected chi connectivity index (χ2v) is 9.32. The fourth-order valence-corrected chi connectivity index (χ4v) is 4.84. The molecule has 1 N–H and O–H groups in total. The number of nitrogens with one attached hydrogen (secondary N) is 1. The van der Waals surface area contributed by atoms with Crippen LogP contribution >= 0.6 is 0 Å². The lowest BCUT2D eigenvalue weighted by Crippen LogP contribution is -2.57. The Bertz CT molecular complexity index is 1180. The molecule has 2 aromatic rings. The molecule has 36 heavy (non-hydrogen) atoms. The molecular formula is C25H24B3N3O5. The first-order valence-electron chi connectivity index (χ1n) is 11.9. The van der Waals surface area contributed by atoms with Crippen molar-refractivity contribution in [3.05, 3.63) is 64.7 Å². The van der Waals surface area contributed by atoms with E-state index in [4.69, 9.17) is 33.0 Å². The van der Waals surface area contributed by atoms with Gasteiger partial charge in [0.25, 0.3) is 5.91 Å². The zero-order valence-electron chi connectivity index (χ0n) is 19.8. The summed E-state index contributed by atoms with van der Waals surface area (Å²) < 4.78 is 11.4. The number of imide groups is 1. The first kappa shape index (κ1) is 24.7. The van der Waals surface area contributed by atoms with E-state index in [0.29, 0.717) is 37.5 Å². The van der Waals surface area contributed by atoms with Gasteiger partial charge in [-0.3, -0.25) is 19.7 Å². The molecule has 4 atom stereocenters. The van der Waals surface area contributed by atoms with Crippen LogP contribution in [0.5, 0.6) is 5.75 Å². The average molecular weight is 479 g/mol. The molecular weight excluding hydrogens is 455 g/mol. The Morgan fingerprint density at radius 3 is 2.53 bits per heavy atom. The van der Waals surface area contributed by atoms with Crippen LogP contribution in [0.1, 0.15) is 39.9 Å². The third-order valence-corrected chi connectivity index (χ3v) is 6.93. The number of morpholine rings is 1. The maximum absolute atomic E-state index is 13.0. The Hall–Kier alpha value is -3.04. The topological polar surface area (TPSA) is 88.2 Å². The Balaban J connectivity index is 1.23. The minimum Gasteiger partial charge on any atom is -0.489 e. The predicted octanol–water partition coefficient (Wildman–Crippen LogP) is 0.343. The smallest absolute Gasteiger partial charge is 0.255 e. The molecule has 2 aromatic carbocycles. The van der Waals surface area contributed by atoms with E-state index in [1.54, 1.807) is 12.1 Å². The van der Waals surface area contributed by atoms with Gasteiger partial charge in [-0.25, -0.2) is 0 Å². The molecule has 11 heteroatoms. The molecule has 0 saturated carbocycles. The number of nitrogens with zero attached hydrogens (tertiary/aromatic N) is 2. The molecule has 2 saturated heterocycles. The van der Waals surface area contributed by atoms with Gasteiger partial charge in [0, 0.05) is 30.1 Å². The summed E-state index contributed by atoms with van der Waals surface area (Å²) in [4.78, 5) is 40.2. The fraction of sp³-hybridized carbons (Fsp3) is 0.400. The molecule has 8 nitrogen and oxygen atoms in total. The van der Waals surface area contributed by atoms with Crippen LogP contribution in [0.2, 0.25) is 0 Å². The Morgan fingerprint density at radius 2 is 1.78 bits per heavy atom. The maximum atomic E-state index is 13.0. The molecule has 0 bridgehead atoms. The van der Waals surface area contributed by atoms with E-state index in [1.165, 1.54) is 4.90 Å². The second kappa shape index (κ2) is 10.1. The number of carbonyl (C=O) groups is 3. The zero-order chi connectivity index (χ0) is 25.4. The highest BCUT2D eigenvalue weighted by Crippen LogP contribution is 2.34. The molecule has 0 spiro atoms. The highest BCUT2D eigenvalue weighted by Gasteiger charge is 2.40. The maximum Gasteiger partial charge on any atom is 0.255 e. The molecule has 3 heterocycles. The first-order chi connectivity index (χ1) is 17.3. The predicted molar refractivity (Wildman–Crippen MR) is 133 cm³/mol. The van der Waals surface area contributed by atoms with Gasteiger partial charge in [0.05, 0.1) is 28.8 Å². The first-order valence-corrected chi connectivity index (χ1v) is 11.9. The Morgan fingerprint density at radius 1 is 1.03 bits per heavy atom. The van der Waals surface area contributed by atoms with Crippen LogP contribution in [0.15, 0.2) is 42.5 Å². The van der Waals surface area contributed by atoms with Crippen molar-refractivity contribution < 1.29 is 23.9 Å². The third kappa shape index (κ3) is 4.82. The third-order valence-electron chi connectivity index (χ3n) is 6.93. The minimum atomic E-state index is -0.662. The van der Waals surface area contributed by atoms with Crippen molar-refractivity contribution in [2.75, 3.05) is 6.61 Å². The van der Waals surface area contributed by atoms with Crippen LogP contribution in [0.3, 0.4) is 0 Å². The number of ether oxygens (including phenoxy) is 2. The molecule has 5 rings (SSSR count). The summed E-state index contributed by atoms with van der Waals surface area (Å²) in [5.41, 5.74) is 3.25. The van der Waals surface area contributed by atoms with E-state index in [0.717, 1.165) is 16.7 Å². The lowest BCUT2D eigenvalue weighted by molar-refractivity contribution is -0.136. The summed E-state index contributed by atoms with van der Waals surface area (Å²) in [7, 11) is 18.2. The fourth-order valence-electron chi connectivity index (χ4n) is 4.84. The van der Waals surface area contributed by atoms with Crippen molar-refractivity contribution in [1.29, 1.82) is 0 Å². The highest BCUT2D eigenvalue weighted by molar-refractivity contribution is 6.22. The van der Waals surface area contributed by atoms with Crippen LogP contribution in [0.4, 0.5) is 0 Å². The molecule has 0 aliphatic carbocycles. The van der Waals surface area contributed by atoms with E-state index >= 15 is 0 Å². The number of fused-ring (bicyclic) bond motifs is 1. The Kier molecular flexibility index (Phi) is 6.95. The van der Waals surface area contributed by atoms with E-state index in [9.17, 15) is 14.4 Å². The zero-order valence-corrected chi connectivity index (χ0v) is 19.8. The quantitative estimate of drug-likeness (QED) is 0.476. The lowest BCUT2D eigenvalue weighted by atomic mass is 9.74. The van der Waals surface area contributed by atoms with Crippen molar-refractivity contribution in [1.82, 2.24) is 15.1 Å². The number of hydrogen-bond donors (Lipinski definition) is 1. The summed E-state index contributed by atoms with van der Waals surface area (Å²) in [6, 6.07) is 12.0. The molecule has 0 aromatic heterocycles. The van der Waals surface area contributed by atoms with Crippen LogP contribution in [0, 0.1) is 0 Å². The molecule has 3 aliphatic rings. The summed E-state index contributed by atoms with van der Waals surface area (Å²) in [5.74, 6) is -1.19. The van der Waals surface area contributed by atoms with Gasteiger partial charge in [-0.15, -0.1) is 0 Å². The number of rotatable bonds is 6. The van der Waals surface area contributed by atoms with Gasteiger partial charge in [-0.05, 0) is 41.6 Å². The van der Waals surface area contributed by atoms with Gasteiger partial charge in [0.15, 0.2) is 0 Å². The average Bonchev–Trinajstić information content (AvgIpc) is 3.20.